The molecule has 2 atom stereocenters. The van der Waals surface area contributed by atoms with Crippen LogP contribution in [0.1, 0.15) is 44.6 Å². The monoisotopic (exact) mass is 328 g/mol. The van der Waals surface area contributed by atoms with Gasteiger partial charge in [0.05, 0.1) is 11.8 Å². The van der Waals surface area contributed by atoms with Gasteiger partial charge < -0.3 is 5.32 Å². The summed E-state index contributed by atoms with van der Waals surface area (Å²) in [6.45, 7) is 1.94. The van der Waals surface area contributed by atoms with Crippen molar-refractivity contribution in [3.05, 3.63) is 29.8 Å². The molecule has 0 aromatic heterocycles. The molecule has 128 valence electrons. The van der Waals surface area contributed by atoms with Gasteiger partial charge in [0.1, 0.15) is 6.54 Å². The summed E-state index contributed by atoms with van der Waals surface area (Å²) in [6, 6.07) is 7.69. The van der Waals surface area contributed by atoms with Gasteiger partial charge in [-0.25, -0.2) is 0 Å². The van der Waals surface area contributed by atoms with E-state index in [1.807, 2.05) is 24.3 Å². The second kappa shape index (κ2) is 7.16. The van der Waals surface area contributed by atoms with Gasteiger partial charge in [0.15, 0.2) is 0 Å². The Morgan fingerprint density at radius 3 is 2.21 bits per heavy atom. The highest BCUT2D eigenvalue weighted by Crippen LogP contribution is 2.37. The smallest absolute Gasteiger partial charge is 0.244 e. The normalized spacial score (nSPS) is 23.3. The summed E-state index contributed by atoms with van der Waals surface area (Å²) < 4.78 is 0. The first kappa shape index (κ1) is 16.7. The van der Waals surface area contributed by atoms with Gasteiger partial charge in [-0.3, -0.25) is 19.3 Å². The summed E-state index contributed by atoms with van der Waals surface area (Å²) in [7, 11) is 0. The summed E-state index contributed by atoms with van der Waals surface area (Å²) in [6.07, 6.45) is 5.61. The molecule has 1 saturated carbocycles. The SMILES string of the molecule is CCCc1ccc(NC(=O)CN2C(=O)[C@H]3CCCC[C@@H]3C2=O)cc1. The molecule has 0 bridgehead atoms. The highest BCUT2D eigenvalue weighted by atomic mass is 16.2. The van der Waals surface area contributed by atoms with Crippen LogP contribution >= 0.6 is 0 Å². The van der Waals surface area contributed by atoms with Crippen LogP contribution in [0.5, 0.6) is 0 Å². The van der Waals surface area contributed by atoms with Gasteiger partial charge in [-0.05, 0) is 37.0 Å². The maximum absolute atomic E-state index is 12.4. The van der Waals surface area contributed by atoms with Gasteiger partial charge in [-0.1, -0.05) is 38.3 Å². The van der Waals surface area contributed by atoms with Crippen LogP contribution in [0, 0.1) is 11.8 Å². The largest absolute Gasteiger partial charge is 0.325 e. The first-order chi connectivity index (χ1) is 11.6. The zero-order chi connectivity index (χ0) is 17.1. The Kier molecular flexibility index (Phi) is 4.97. The molecule has 1 saturated heterocycles. The summed E-state index contributed by atoms with van der Waals surface area (Å²) in [4.78, 5) is 38.1. The molecule has 1 aliphatic carbocycles. The topological polar surface area (TPSA) is 66.5 Å². The maximum atomic E-state index is 12.4. The summed E-state index contributed by atoms with van der Waals surface area (Å²) >= 11 is 0. The van der Waals surface area contributed by atoms with E-state index in [2.05, 4.69) is 12.2 Å². The van der Waals surface area contributed by atoms with Gasteiger partial charge in [-0.15, -0.1) is 0 Å². The predicted molar refractivity (Wildman–Crippen MR) is 91.2 cm³/mol. The van der Waals surface area contributed by atoms with Crippen LogP contribution in [0.25, 0.3) is 0 Å². The lowest BCUT2D eigenvalue weighted by Crippen LogP contribution is -2.38. The van der Waals surface area contributed by atoms with Crippen LogP contribution in [0.3, 0.4) is 0 Å². The van der Waals surface area contributed by atoms with Crippen molar-refractivity contribution in [2.24, 2.45) is 11.8 Å². The van der Waals surface area contributed by atoms with Crippen LogP contribution in [-0.2, 0) is 20.8 Å². The van der Waals surface area contributed by atoms with Crippen LogP contribution in [0.15, 0.2) is 24.3 Å². The number of rotatable bonds is 5. The molecule has 3 rings (SSSR count). The van der Waals surface area contributed by atoms with E-state index >= 15 is 0 Å². The summed E-state index contributed by atoms with van der Waals surface area (Å²) in [5.41, 5.74) is 1.92. The number of carbonyl (C=O) groups is 3. The van der Waals surface area contributed by atoms with Crippen LogP contribution in [0.2, 0.25) is 0 Å². The van der Waals surface area contributed by atoms with Crippen LogP contribution in [-0.4, -0.2) is 29.2 Å². The third-order valence-corrected chi connectivity index (χ3v) is 5.01. The van der Waals surface area contributed by atoms with Crippen LogP contribution < -0.4 is 5.32 Å². The van der Waals surface area contributed by atoms with E-state index in [1.54, 1.807) is 0 Å². The molecule has 1 aliphatic heterocycles. The number of fused-ring (bicyclic) bond motifs is 1. The van der Waals surface area contributed by atoms with Crippen molar-refractivity contribution in [3.63, 3.8) is 0 Å². The van der Waals surface area contributed by atoms with E-state index in [-0.39, 0.29) is 36.1 Å². The van der Waals surface area contributed by atoms with Gasteiger partial charge in [-0.2, -0.15) is 0 Å². The van der Waals surface area contributed by atoms with Gasteiger partial charge in [0, 0.05) is 5.69 Å². The third-order valence-electron chi connectivity index (χ3n) is 5.01. The minimum absolute atomic E-state index is 0.168. The summed E-state index contributed by atoms with van der Waals surface area (Å²) in [5, 5.41) is 2.78. The average molecular weight is 328 g/mol. The Morgan fingerprint density at radius 2 is 1.67 bits per heavy atom. The predicted octanol–water partition coefficient (Wildman–Crippen LogP) is 2.75. The quantitative estimate of drug-likeness (QED) is 0.845. The number of carbonyl (C=O) groups excluding carboxylic acids is 3. The number of amides is 3. The molecule has 1 N–H and O–H groups in total. The van der Waals surface area contributed by atoms with Crippen molar-refractivity contribution >= 4 is 23.4 Å². The molecule has 0 radical (unpaired) electrons. The zero-order valence-corrected chi connectivity index (χ0v) is 14.1. The van der Waals surface area contributed by atoms with Crippen LogP contribution in [0.4, 0.5) is 5.69 Å². The maximum Gasteiger partial charge on any atom is 0.244 e. The van der Waals surface area contributed by atoms with Gasteiger partial charge in [0.25, 0.3) is 0 Å². The van der Waals surface area contributed by atoms with E-state index in [9.17, 15) is 14.4 Å². The molecule has 2 fully saturated rings. The Balaban J connectivity index is 1.60. The molecular formula is C19H24N2O3. The van der Waals surface area contributed by atoms with E-state index in [1.165, 1.54) is 5.56 Å². The number of aryl methyl sites for hydroxylation is 1. The number of anilines is 1. The molecule has 1 aromatic rings. The number of nitrogens with one attached hydrogen (secondary N) is 1. The molecule has 1 aromatic carbocycles. The van der Waals surface area contributed by atoms with Gasteiger partial charge >= 0.3 is 0 Å². The lowest BCUT2D eigenvalue weighted by Gasteiger charge is -2.19. The third kappa shape index (κ3) is 3.35. The van der Waals surface area contributed by atoms with Crippen molar-refractivity contribution in [1.82, 2.24) is 4.90 Å². The fourth-order valence-electron chi connectivity index (χ4n) is 3.77. The molecule has 3 amide bonds. The van der Waals surface area contributed by atoms with Gasteiger partial charge in [0.2, 0.25) is 17.7 Å². The average Bonchev–Trinajstić information content (AvgIpc) is 2.82. The molecule has 24 heavy (non-hydrogen) atoms. The Morgan fingerprint density at radius 1 is 1.08 bits per heavy atom. The minimum atomic E-state index is -0.321. The number of benzene rings is 1. The Bertz CT molecular complexity index is 615. The highest BCUT2D eigenvalue weighted by Gasteiger charge is 2.48. The molecule has 5 nitrogen and oxygen atoms in total. The molecule has 5 heteroatoms. The molecule has 2 aliphatic rings. The molecule has 1 heterocycles. The van der Waals surface area contributed by atoms with E-state index in [0.29, 0.717) is 5.69 Å². The van der Waals surface area contributed by atoms with Crippen molar-refractivity contribution in [1.29, 1.82) is 0 Å². The number of nitrogens with zero attached hydrogens (tertiary/aromatic N) is 1. The summed E-state index contributed by atoms with van der Waals surface area (Å²) in [5.74, 6) is -1.06. The Hall–Kier alpha value is -2.17. The fourth-order valence-corrected chi connectivity index (χ4v) is 3.77. The lowest BCUT2D eigenvalue weighted by atomic mass is 9.81. The number of hydrogen-bond donors (Lipinski definition) is 1. The zero-order valence-electron chi connectivity index (χ0n) is 14.1. The van der Waals surface area contributed by atoms with Crippen molar-refractivity contribution in [2.75, 3.05) is 11.9 Å². The van der Waals surface area contributed by atoms with E-state index < -0.39 is 0 Å². The van der Waals surface area contributed by atoms with E-state index in [4.69, 9.17) is 0 Å². The molecule has 0 unspecified atom stereocenters. The Labute approximate surface area is 142 Å². The standard InChI is InChI=1S/C19H24N2O3/c1-2-5-13-8-10-14(11-9-13)20-17(22)12-21-18(23)15-6-3-4-7-16(15)19(21)24/h8-11,15-16H,2-7,12H2,1H3,(H,20,22)/t15-,16-/m0/s1. The number of imide groups is 1. The van der Waals surface area contributed by atoms with E-state index in [0.717, 1.165) is 43.4 Å². The second-order valence-electron chi connectivity index (χ2n) is 6.76. The minimum Gasteiger partial charge on any atom is -0.325 e. The molecular weight excluding hydrogens is 304 g/mol. The van der Waals surface area contributed by atoms with Crippen molar-refractivity contribution in [3.8, 4) is 0 Å². The number of likely N-dealkylation sites (tertiary alicyclic amines) is 1. The van der Waals surface area contributed by atoms with Crippen molar-refractivity contribution in [2.45, 2.75) is 45.4 Å². The number of hydrogen-bond acceptors (Lipinski definition) is 3. The first-order valence-electron chi connectivity index (χ1n) is 8.84. The molecule has 0 spiro atoms. The first-order valence-corrected chi connectivity index (χ1v) is 8.84. The lowest BCUT2D eigenvalue weighted by molar-refractivity contribution is -0.142. The second-order valence-corrected chi connectivity index (χ2v) is 6.76. The van der Waals surface area contributed by atoms with Crippen molar-refractivity contribution < 1.29 is 14.4 Å². The fraction of sp³-hybridized carbons (Fsp3) is 0.526. The highest BCUT2D eigenvalue weighted by molar-refractivity contribution is 6.08.